The van der Waals surface area contributed by atoms with Crippen molar-refractivity contribution in [2.75, 3.05) is 11.1 Å². The molecule has 2 heterocycles. The fraction of sp³-hybridized carbons (Fsp3) is 0.185. The third kappa shape index (κ3) is 5.17. The van der Waals surface area contributed by atoms with Crippen LogP contribution in [0.2, 0.25) is 0 Å². The van der Waals surface area contributed by atoms with E-state index in [0.29, 0.717) is 23.3 Å². The summed E-state index contributed by atoms with van der Waals surface area (Å²) in [5.74, 6) is 0.603. The van der Waals surface area contributed by atoms with Crippen LogP contribution in [0, 0.1) is 12.7 Å². The molecule has 5 rings (SSSR count). The summed E-state index contributed by atoms with van der Waals surface area (Å²) in [6.45, 7) is 4.70. The van der Waals surface area contributed by atoms with Crippen LogP contribution in [0.4, 0.5) is 9.52 Å². The predicted octanol–water partition coefficient (Wildman–Crippen LogP) is 6.34. The summed E-state index contributed by atoms with van der Waals surface area (Å²) in [7, 11) is 0. The number of nitrogens with zero attached hydrogens (tertiary/aromatic N) is 4. The molecule has 0 radical (unpaired) electrons. The molecule has 3 aromatic carbocycles. The van der Waals surface area contributed by atoms with E-state index in [1.165, 1.54) is 51.6 Å². The van der Waals surface area contributed by atoms with Crippen molar-refractivity contribution >= 4 is 44.9 Å². The Bertz CT molecular complexity index is 1520. The van der Waals surface area contributed by atoms with E-state index >= 15 is 0 Å². The lowest BCUT2D eigenvalue weighted by Crippen LogP contribution is -2.14. The molecule has 5 aromatic rings. The zero-order valence-corrected chi connectivity index (χ0v) is 21.5. The van der Waals surface area contributed by atoms with E-state index in [2.05, 4.69) is 62.3 Å². The van der Waals surface area contributed by atoms with Gasteiger partial charge in [-0.2, -0.15) is 0 Å². The Balaban J connectivity index is 1.25. The third-order valence-electron chi connectivity index (χ3n) is 5.83. The van der Waals surface area contributed by atoms with Crippen LogP contribution in [0.1, 0.15) is 23.2 Å². The second-order valence-corrected chi connectivity index (χ2v) is 10.4. The second kappa shape index (κ2) is 10.6. The van der Waals surface area contributed by atoms with Crippen LogP contribution in [0.15, 0.2) is 71.9 Å². The van der Waals surface area contributed by atoms with E-state index in [0.717, 1.165) is 22.0 Å². The maximum atomic E-state index is 13.2. The van der Waals surface area contributed by atoms with Crippen molar-refractivity contribution in [3.05, 3.63) is 88.8 Å². The van der Waals surface area contributed by atoms with Crippen molar-refractivity contribution < 1.29 is 9.18 Å². The fourth-order valence-corrected chi connectivity index (χ4v) is 5.78. The first-order valence-electron chi connectivity index (χ1n) is 11.6. The Hall–Kier alpha value is -3.56. The van der Waals surface area contributed by atoms with Crippen molar-refractivity contribution in [3.8, 4) is 11.3 Å². The van der Waals surface area contributed by atoms with E-state index in [1.54, 1.807) is 12.1 Å². The Morgan fingerprint density at radius 1 is 1.06 bits per heavy atom. The second-order valence-electron chi connectivity index (χ2n) is 8.23. The Kier molecular flexibility index (Phi) is 7.11. The number of carbonyl (C=O) groups is 1. The first-order valence-corrected chi connectivity index (χ1v) is 13.4. The highest BCUT2D eigenvalue weighted by molar-refractivity contribution is 7.99. The number of benzene rings is 3. The van der Waals surface area contributed by atoms with Gasteiger partial charge in [0.1, 0.15) is 11.6 Å². The number of amides is 1. The van der Waals surface area contributed by atoms with Gasteiger partial charge in [-0.15, -0.1) is 21.5 Å². The molecule has 0 fully saturated rings. The van der Waals surface area contributed by atoms with Crippen LogP contribution in [-0.2, 0) is 17.8 Å². The molecule has 36 heavy (non-hydrogen) atoms. The summed E-state index contributed by atoms with van der Waals surface area (Å²) < 4.78 is 15.3. The molecule has 0 aliphatic carbocycles. The van der Waals surface area contributed by atoms with Gasteiger partial charge < -0.3 is 9.88 Å². The molecule has 0 aliphatic heterocycles. The SMILES string of the molecule is CCn1c(Cc2cccc3ccccc23)nnc1SCC(=O)Nc1nc(-c2ccc(F)cc2)c(C)s1. The zero-order valence-electron chi connectivity index (χ0n) is 19.9. The standard InChI is InChI=1S/C27H24FN5OS2/c1-3-33-23(15-20-9-6-8-18-7-4-5-10-22(18)20)31-32-27(33)35-16-24(34)29-26-30-25(17(2)36-26)19-11-13-21(28)14-12-19/h4-14H,3,15-16H2,1-2H3,(H,29,30,34). The van der Waals surface area contributed by atoms with Crippen molar-refractivity contribution in [3.63, 3.8) is 0 Å². The number of aryl methyl sites for hydroxylation is 1. The number of fused-ring (bicyclic) bond motifs is 1. The van der Waals surface area contributed by atoms with E-state index in [1.807, 2.05) is 19.1 Å². The number of hydrogen-bond acceptors (Lipinski definition) is 6. The number of nitrogens with one attached hydrogen (secondary N) is 1. The number of thiazole rings is 1. The molecule has 2 aromatic heterocycles. The monoisotopic (exact) mass is 517 g/mol. The molecule has 0 unspecified atom stereocenters. The molecule has 182 valence electrons. The Morgan fingerprint density at radius 3 is 2.64 bits per heavy atom. The molecule has 1 amide bonds. The minimum atomic E-state index is -0.294. The topological polar surface area (TPSA) is 72.7 Å². The summed E-state index contributed by atoms with van der Waals surface area (Å²) in [6, 6.07) is 20.8. The largest absolute Gasteiger partial charge is 0.306 e. The lowest BCUT2D eigenvalue weighted by atomic mass is 10.0. The number of anilines is 1. The summed E-state index contributed by atoms with van der Waals surface area (Å²) in [4.78, 5) is 18.1. The molecule has 0 saturated heterocycles. The summed E-state index contributed by atoms with van der Waals surface area (Å²) >= 11 is 2.75. The quantitative estimate of drug-likeness (QED) is 0.243. The van der Waals surface area contributed by atoms with Crippen LogP contribution >= 0.6 is 23.1 Å². The van der Waals surface area contributed by atoms with Gasteiger partial charge in [-0.05, 0) is 54.4 Å². The zero-order chi connectivity index (χ0) is 25.1. The lowest BCUT2D eigenvalue weighted by molar-refractivity contribution is -0.113. The van der Waals surface area contributed by atoms with Crippen LogP contribution in [0.5, 0.6) is 0 Å². The number of hydrogen-bond donors (Lipinski definition) is 1. The summed E-state index contributed by atoms with van der Waals surface area (Å²) in [5.41, 5.74) is 2.75. The van der Waals surface area contributed by atoms with Gasteiger partial charge in [-0.3, -0.25) is 4.79 Å². The maximum Gasteiger partial charge on any atom is 0.236 e. The van der Waals surface area contributed by atoms with Gasteiger partial charge in [0, 0.05) is 23.4 Å². The molecule has 0 bridgehead atoms. The first kappa shape index (κ1) is 24.1. The molecule has 9 heteroatoms. The Labute approximate surface area is 216 Å². The van der Waals surface area contributed by atoms with Crippen LogP contribution in [0.25, 0.3) is 22.0 Å². The number of thioether (sulfide) groups is 1. The minimum Gasteiger partial charge on any atom is -0.306 e. The van der Waals surface area contributed by atoms with Gasteiger partial charge in [0.15, 0.2) is 10.3 Å². The molecule has 1 N–H and O–H groups in total. The maximum absolute atomic E-state index is 13.2. The third-order valence-corrected chi connectivity index (χ3v) is 7.68. The molecule has 0 atom stereocenters. The van der Waals surface area contributed by atoms with E-state index < -0.39 is 0 Å². The van der Waals surface area contributed by atoms with E-state index in [9.17, 15) is 9.18 Å². The van der Waals surface area contributed by atoms with Gasteiger partial charge in [0.2, 0.25) is 5.91 Å². The normalized spacial score (nSPS) is 11.2. The molecule has 6 nitrogen and oxygen atoms in total. The average molecular weight is 518 g/mol. The Morgan fingerprint density at radius 2 is 1.83 bits per heavy atom. The van der Waals surface area contributed by atoms with Crippen LogP contribution in [0.3, 0.4) is 0 Å². The van der Waals surface area contributed by atoms with Gasteiger partial charge in [0.05, 0.1) is 11.4 Å². The highest BCUT2D eigenvalue weighted by Crippen LogP contribution is 2.31. The van der Waals surface area contributed by atoms with Crippen molar-refractivity contribution in [1.82, 2.24) is 19.7 Å². The van der Waals surface area contributed by atoms with Crippen molar-refractivity contribution in [1.29, 1.82) is 0 Å². The molecular formula is C27H24FN5OS2. The highest BCUT2D eigenvalue weighted by atomic mass is 32.2. The van der Waals surface area contributed by atoms with Gasteiger partial charge in [-0.25, -0.2) is 9.37 Å². The van der Waals surface area contributed by atoms with Gasteiger partial charge in [0.25, 0.3) is 0 Å². The average Bonchev–Trinajstić information content (AvgIpc) is 3.45. The summed E-state index contributed by atoms with van der Waals surface area (Å²) in [6.07, 6.45) is 0.666. The molecule has 0 spiro atoms. The fourth-order valence-electron chi connectivity index (χ4n) is 4.10. The van der Waals surface area contributed by atoms with Crippen LogP contribution < -0.4 is 5.32 Å². The number of aromatic nitrogens is 4. The number of halogens is 1. The summed E-state index contributed by atoms with van der Waals surface area (Å²) in [5, 5.41) is 15.3. The van der Waals surface area contributed by atoms with Crippen molar-refractivity contribution in [2.24, 2.45) is 0 Å². The van der Waals surface area contributed by atoms with Crippen molar-refractivity contribution in [2.45, 2.75) is 32.0 Å². The van der Waals surface area contributed by atoms with Crippen LogP contribution in [-0.4, -0.2) is 31.4 Å². The van der Waals surface area contributed by atoms with E-state index in [-0.39, 0.29) is 17.5 Å². The van der Waals surface area contributed by atoms with Gasteiger partial charge >= 0.3 is 0 Å². The predicted molar refractivity (Wildman–Crippen MR) is 144 cm³/mol. The lowest BCUT2D eigenvalue weighted by Gasteiger charge is -2.09. The molecule has 0 saturated carbocycles. The first-order chi connectivity index (χ1) is 17.5. The number of carbonyl (C=O) groups excluding carboxylic acids is 1. The van der Waals surface area contributed by atoms with Gasteiger partial charge in [-0.1, -0.05) is 54.2 Å². The minimum absolute atomic E-state index is 0.166. The molecular weight excluding hydrogens is 493 g/mol. The highest BCUT2D eigenvalue weighted by Gasteiger charge is 2.16. The smallest absolute Gasteiger partial charge is 0.236 e. The van der Waals surface area contributed by atoms with E-state index in [4.69, 9.17) is 0 Å². The molecule has 0 aliphatic rings. The number of rotatable bonds is 8.